The summed E-state index contributed by atoms with van der Waals surface area (Å²) in [6.07, 6.45) is 4.57. The Bertz CT molecular complexity index is 461. The Balaban J connectivity index is 1.40. The van der Waals surface area contributed by atoms with Crippen LogP contribution >= 0.6 is 11.3 Å². The number of piperidine rings is 1. The molecule has 0 aromatic carbocycles. The molecule has 0 radical (unpaired) electrons. The van der Waals surface area contributed by atoms with E-state index in [4.69, 9.17) is 0 Å². The van der Waals surface area contributed by atoms with Crippen molar-refractivity contribution in [2.24, 2.45) is 11.8 Å². The first-order chi connectivity index (χ1) is 9.70. The van der Waals surface area contributed by atoms with E-state index in [0.717, 1.165) is 49.9 Å². The van der Waals surface area contributed by atoms with Gasteiger partial charge in [-0.05, 0) is 51.6 Å². The van der Waals surface area contributed by atoms with Gasteiger partial charge in [-0.3, -0.25) is 9.69 Å². The first-order valence-corrected chi connectivity index (χ1v) is 8.50. The Morgan fingerprint density at radius 2 is 2.15 bits per heavy atom. The second-order valence-electron chi connectivity index (χ2n) is 6.10. The molecular formula is C15H23N3OS. The van der Waals surface area contributed by atoms with Gasteiger partial charge >= 0.3 is 0 Å². The Kier molecular flexibility index (Phi) is 4.36. The summed E-state index contributed by atoms with van der Waals surface area (Å²) < 4.78 is 0. The number of thiazole rings is 1. The highest BCUT2D eigenvalue weighted by Gasteiger charge is 2.27. The van der Waals surface area contributed by atoms with Crippen molar-refractivity contribution in [1.29, 1.82) is 0 Å². The zero-order valence-corrected chi connectivity index (χ0v) is 12.9. The molecular weight excluding hydrogens is 270 g/mol. The summed E-state index contributed by atoms with van der Waals surface area (Å²) in [4.78, 5) is 19.0. The summed E-state index contributed by atoms with van der Waals surface area (Å²) in [5, 5.41) is 6.39. The van der Waals surface area contributed by atoms with Crippen LogP contribution in [-0.4, -0.2) is 35.4 Å². The monoisotopic (exact) mass is 293 g/mol. The fourth-order valence-electron chi connectivity index (χ4n) is 2.77. The minimum atomic E-state index is 0.224. The summed E-state index contributed by atoms with van der Waals surface area (Å²) in [7, 11) is 0. The van der Waals surface area contributed by atoms with Crippen LogP contribution in [0.4, 0.5) is 0 Å². The number of aromatic nitrogens is 1. The lowest BCUT2D eigenvalue weighted by atomic mass is 9.96. The maximum atomic E-state index is 12.1. The molecule has 2 fully saturated rings. The lowest BCUT2D eigenvalue weighted by Gasteiger charge is -2.30. The molecule has 110 valence electrons. The maximum absolute atomic E-state index is 12.1. The Morgan fingerprint density at radius 1 is 1.40 bits per heavy atom. The molecule has 1 aromatic heterocycles. The van der Waals surface area contributed by atoms with E-state index >= 15 is 0 Å². The van der Waals surface area contributed by atoms with Crippen LogP contribution in [0.2, 0.25) is 0 Å². The number of amides is 1. The molecule has 1 saturated heterocycles. The smallest absolute Gasteiger partial charge is 0.223 e. The highest BCUT2D eigenvalue weighted by Crippen LogP contribution is 2.28. The maximum Gasteiger partial charge on any atom is 0.223 e. The van der Waals surface area contributed by atoms with Gasteiger partial charge in [-0.2, -0.15) is 0 Å². The van der Waals surface area contributed by atoms with Crippen molar-refractivity contribution in [3.05, 3.63) is 16.1 Å². The fourth-order valence-corrected chi connectivity index (χ4v) is 3.38. The lowest BCUT2D eigenvalue weighted by Crippen LogP contribution is -2.40. The van der Waals surface area contributed by atoms with Gasteiger partial charge in [0.2, 0.25) is 5.91 Å². The van der Waals surface area contributed by atoms with Crippen LogP contribution in [0.15, 0.2) is 5.38 Å². The summed E-state index contributed by atoms with van der Waals surface area (Å²) in [6, 6.07) is 0. The number of hydrogen-bond acceptors (Lipinski definition) is 4. The average molecular weight is 293 g/mol. The zero-order valence-electron chi connectivity index (χ0n) is 12.1. The number of hydrogen-bond donors (Lipinski definition) is 1. The largest absolute Gasteiger partial charge is 0.356 e. The predicted octanol–water partition coefficient (Wildman–Crippen LogP) is 2.19. The van der Waals surface area contributed by atoms with Gasteiger partial charge in [0.15, 0.2) is 0 Å². The van der Waals surface area contributed by atoms with Crippen molar-refractivity contribution in [3.63, 3.8) is 0 Å². The van der Waals surface area contributed by atoms with Gasteiger partial charge in [-0.15, -0.1) is 11.3 Å². The molecule has 0 bridgehead atoms. The molecule has 0 atom stereocenters. The average Bonchev–Trinajstić information content (AvgIpc) is 3.20. The number of aryl methyl sites for hydroxylation is 1. The van der Waals surface area contributed by atoms with Gasteiger partial charge < -0.3 is 5.32 Å². The third-order valence-electron chi connectivity index (χ3n) is 4.27. The standard InChI is InChI=1S/C15H23N3OS/c1-11-17-14(10-20-11)9-18-6-4-13(5-7-18)15(19)16-8-12-2-3-12/h10,12-13H,2-9H2,1H3,(H,16,19). The Labute approximate surface area is 124 Å². The van der Waals surface area contributed by atoms with E-state index in [9.17, 15) is 4.79 Å². The molecule has 4 nitrogen and oxygen atoms in total. The Hall–Kier alpha value is -0.940. The molecule has 5 heteroatoms. The molecule has 0 spiro atoms. The summed E-state index contributed by atoms with van der Waals surface area (Å²) in [5.41, 5.74) is 1.17. The summed E-state index contributed by atoms with van der Waals surface area (Å²) in [6.45, 7) is 5.90. The molecule has 2 aliphatic rings. The van der Waals surface area contributed by atoms with Gasteiger partial charge in [-0.1, -0.05) is 0 Å². The third-order valence-corrected chi connectivity index (χ3v) is 5.09. The van der Waals surface area contributed by atoms with E-state index < -0.39 is 0 Å². The lowest BCUT2D eigenvalue weighted by molar-refractivity contribution is -0.126. The molecule has 3 rings (SSSR count). The molecule has 1 amide bonds. The molecule has 0 unspecified atom stereocenters. The summed E-state index contributed by atoms with van der Waals surface area (Å²) >= 11 is 1.71. The number of carbonyl (C=O) groups excluding carboxylic acids is 1. The molecule has 1 aromatic rings. The van der Waals surface area contributed by atoms with E-state index in [1.54, 1.807) is 11.3 Å². The number of rotatable bonds is 5. The predicted molar refractivity (Wildman–Crippen MR) is 80.6 cm³/mol. The van der Waals surface area contributed by atoms with Gasteiger partial charge in [-0.25, -0.2) is 4.98 Å². The molecule has 1 N–H and O–H groups in total. The topological polar surface area (TPSA) is 45.2 Å². The van der Waals surface area contributed by atoms with Gasteiger partial charge in [0, 0.05) is 24.4 Å². The molecule has 1 aliphatic heterocycles. The van der Waals surface area contributed by atoms with Crippen LogP contribution in [0.3, 0.4) is 0 Å². The molecule has 2 heterocycles. The first-order valence-electron chi connectivity index (χ1n) is 7.62. The second kappa shape index (κ2) is 6.22. The van der Waals surface area contributed by atoms with Gasteiger partial charge in [0.05, 0.1) is 10.7 Å². The minimum absolute atomic E-state index is 0.224. The van der Waals surface area contributed by atoms with E-state index in [1.807, 2.05) is 6.92 Å². The van der Waals surface area contributed by atoms with Crippen LogP contribution in [0.25, 0.3) is 0 Å². The minimum Gasteiger partial charge on any atom is -0.356 e. The van der Waals surface area contributed by atoms with Gasteiger partial charge in [0.25, 0.3) is 0 Å². The van der Waals surface area contributed by atoms with Crippen molar-refractivity contribution in [3.8, 4) is 0 Å². The third kappa shape index (κ3) is 3.79. The summed E-state index contributed by atoms with van der Waals surface area (Å²) in [5.74, 6) is 1.27. The number of likely N-dealkylation sites (tertiary alicyclic amines) is 1. The van der Waals surface area contributed by atoms with Crippen LogP contribution < -0.4 is 5.32 Å². The highest BCUT2D eigenvalue weighted by molar-refractivity contribution is 7.09. The first kappa shape index (κ1) is 14.0. The molecule has 1 aliphatic carbocycles. The number of carbonyl (C=O) groups is 1. The van der Waals surface area contributed by atoms with E-state index in [1.165, 1.54) is 18.5 Å². The quantitative estimate of drug-likeness (QED) is 0.905. The number of nitrogens with zero attached hydrogens (tertiary/aromatic N) is 2. The van der Waals surface area contributed by atoms with E-state index in [-0.39, 0.29) is 11.8 Å². The zero-order chi connectivity index (χ0) is 13.9. The fraction of sp³-hybridized carbons (Fsp3) is 0.733. The van der Waals surface area contributed by atoms with Crippen LogP contribution in [0.1, 0.15) is 36.4 Å². The molecule has 1 saturated carbocycles. The van der Waals surface area contributed by atoms with E-state index in [2.05, 4.69) is 20.6 Å². The normalized spacial score (nSPS) is 21.1. The SMILES string of the molecule is Cc1nc(CN2CCC(C(=O)NCC3CC3)CC2)cs1. The highest BCUT2D eigenvalue weighted by atomic mass is 32.1. The van der Waals surface area contributed by atoms with E-state index in [0.29, 0.717) is 0 Å². The van der Waals surface area contributed by atoms with Crippen LogP contribution in [-0.2, 0) is 11.3 Å². The van der Waals surface area contributed by atoms with Crippen molar-refractivity contribution < 1.29 is 4.79 Å². The van der Waals surface area contributed by atoms with Crippen molar-refractivity contribution >= 4 is 17.2 Å². The molecule has 20 heavy (non-hydrogen) atoms. The number of nitrogens with one attached hydrogen (secondary N) is 1. The van der Waals surface area contributed by atoms with Crippen molar-refractivity contribution in [1.82, 2.24) is 15.2 Å². The second-order valence-corrected chi connectivity index (χ2v) is 7.16. The Morgan fingerprint density at radius 3 is 2.75 bits per heavy atom. The van der Waals surface area contributed by atoms with Crippen LogP contribution in [0.5, 0.6) is 0 Å². The van der Waals surface area contributed by atoms with Crippen molar-refractivity contribution in [2.75, 3.05) is 19.6 Å². The van der Waals surface area contributed by atoms with Crippen molar-refractivity contribution in [2.45, 2.75) is 39.2 Å². The van der Waals surface area contributed by atoms with Crippen LogP contribution in [0, 0.1) is 18.8 Å². The van der Waals surface area contributed by atoms with Gasteiger partial charge in [0.1, 0.15) is 0 Å².